The second-order valence-electron chi connectivity index (χ2n) is 9.05. The molecule has 1 fully saturated rings. The van der Waals surface area contributed by atoms with Gasteiger partial charge in [-0.15, -0.1) is 10.2 Å². The molecule has 5 rings (SSSR count). The standard InChI is InChI=1S/C28H29N5O3S/c1-2-5-28(34)29-24-10-12-25(13-11-24)37(35,36)33-18-16-32(17-19-33)27-15-14-26(30-31-27)23-9-8-21-6-3-4-7-22(21)20-23/h3-4,6-15,20H,2,5,16-19H2,1H3,(H,29,34). The molecule has 8 nitrogen and oxygen atoms in total. The maximum absolute atomic E-state index is 13.2. The number of nitrogens with zero attached hydrogens (tertiary/aromatic N) is 4. The van der Waals surface area contributed by atoms with Gasteiger partial charge in [0.05, 0.1) is 10.6 Å². The summed E-state index contributed by atoms with van der Waals surface area (Å²) in [6, 6.07) is 24.7. The van der Waals surface area contributed by atoms with E-state index in [-0.39, 0.29) is 10.8 Å². The lowest BCUT2D eigenvalue weighted by molar-refractivity contribution is -0.116. The summed E-state index contributed by atoms with van der Waals surface area (Å²) in [5, 5.41) is 14.0. The van der Waals surface area contributed by atoms with Crippen LogP contribution < -0.4 is 10.2 Å². The molecule has 1 N–H and O–H groups in total. The molecule has 1 saturated heterocycles. The molecule has 0 bridgehead atoms. The van der Waals surface area contributed by atoms with Crippen molar-refractivity contribution in [3.05, 3.63) is 78.9 Å². The van der Waals surface area contributed by atoms with Crippen molar-refractivity contribution in [3.63, 3.8) is 0 Å². The predicted octanol–water partition coefficient (Wildman–Crippen LogP) is 4.55. The van der Waals surface area contributed by atoms with Crippen molar-refractivity contribution in [2.45, 2.75) is 24.7 Å². The molecule has 9 heteroatoms. The van der Waals surface area contributed by atoms with Crippen molar-refractivity contribution >= 4 is 38.2 Å². The SMILES string of the molecule is CCCC(=O)Nc1ccc(S(=O)(=O)N2CCN(c3ccc(-c4ccc5ccccc5c4)nn3)CC2)cc1. The molecular weight excluding hydrogens is 486 g/mol. The number of carbonyl (C=O) groups is 1. The summed E-state index contributed by atoms with van der Waals surface area (Å²) in [5.41, 5.74) is 2.39. The zero-order valence-electron chi connectivity index (χ0n) is 20.7. The maximum Gasteiger partial charge on any atom is 0.243 e. The summed E-state index contributed by atoms with van der Waals surface area (Å²) in [4.78, 5) is 14.0. The Morgan fingerprint density at radius 3 is 2.27 bits per heavy atom. The highest BCUT2D eigenvalue weighted by molar-refractivity contribution is 7.89. The first-order valence-corrected chi connectivity index (χ1v) is 13.9. The third-order valence-electron chi connectivity index (χ3n) is 6.51. The molecule has 1 aliphatic rings. The Morgan fingerprint density at radius 1 is 0.865 bits per heavy atom. The number of fused-ring (bicyclic) bond motifs is 1. The summed E-state index contributed by atoms with van der Waals surface area (Å²) in [5.74, 6) is 0.649. The minimum Gasteiger partial charge on any atom is -0.352 e. The van der Waals surface area contributed by atoms with Gasteiger partial charge in [0.15, 0.2) is 5.82 Å². The van der Waals surface area contributed by atoms with Gasteiger partial charge in [0.1, 0.15) is 0 Å². The van der Waals surface area contributed by atoms with E-state index >= 15 is 0 Å². The summed E-state index contributed by atoms with van der Waals surface area (Å²) in [6.07, 6.45) is 1.19. The fourth-order valence-corrected chi connectivity index (χ4v) is 5.89. The molecule has 0 spiro atoms. The van der Waals surface area contributed by atoms with E-state index in [9.17, 15) is 13.2 Å². The first kappa shape index (κ1) is 24.9. The van der Waals surface area contributed by atoms with Gasteiger partial charge in [-0.05, 0) is 59.7 Å². The van der Waals surface area contributed by atoms with Crippen LogP contribution in [0.5, 0.6) is 0 Å². The van der Waals surface area contributed by atoms with E-state index in [1.54, 1.807) is 24.3 Å². The second-order valence-corrected chi connectivity index (χ2v) is 11.0. The van der Waals surface area contributed by atoms with Crippen LogP contribution in [0.3, 0.4) is 0 Å². The number of piperazine rings is 1. The van der Waals surface area contributed by atoms with Crippen molar-refractivity contribution in [2.75, 3.05) is 36.4 Å². The summed E-state index contributed by atoms with van der Waals surface area (Å²) in [6.45, 7) is 3.68. The van der Waals surface area contributed by atoms with Crippen molar-refractivity contribution < 1.29 is 13.2 Å². The number of hydrogen-bond acceptors (Lipinski definition) is 6. The van der Waals surface area contributed by atoms with E-state index in [2.05, 4.69) is 44.7 Å². The highest BCUT2D eigenvalue weighted by Gasteiger charge is 2.29. The number of rotatable bonds is 7. The zero-order valence-corrected chi connectivity index (χ0v) is 21.5. The smallest absolute Gasteiger partial charge is 0.243 e. The molecule has 4 aromatic rings. The maximum atomic E-state index is 13.2. The molecule has 37 heavy (non-hydrogen) atoms. The Balaban J connectivity index is 1.21. The zero-order chi connectivity index (χ0) is 25.8. The number of nitrogens with one attached hydrogen (secondary N) is 1. The van der Waals surface area contributed by atoms with E-state index in [1.807, 2.05) is 37.3 Å². The number of sulfonamides is 1. The lowest BCUT2D eigenvalue weighted by Crippen LogP contribution is -2.49. The molecule has 1 aliphatic heterocycles. The van der Waals surface area contributed by atoms with Crippen LogP contribution in [0.1, 0.15) is 19.8 Å². The van der Waals surface area contributed by atoms with Crippen LogP contribution in [-0.4, -0.2) is 55.0 Å². The molecule has 0 unspecified atom stereocenters. The molecular formula is C28H29N5O3S. The molecule has 2 heterocycles. The summed E-state index contributed by atoms with van der Waals surface area (Å²) in [7, 11) is -3.63. The molecule has 0 saturated carbocycles. The van der Waals surface area contributed by atoms with Crippen LogP contribution >= 0.6 is 0 Å². The van der Waals surface area contributed by atoms with Gasteiger partial charge >= 0.3 is 0 Å². The Kier molecular flexibility index (Phi) is 7.16. The molecule has 0 aliphatic carbocycles. The van der Waals surface area contributed by atoms with Crippen LogP contribution in [-0.2, 0) is 14.8 Å². The average Bonchev–Trinajstić information content (AvgIpc) is 2.93. The van der Waals surface area contributed by atoms with Gasteiger partial charge in [-0.3, -0.25) is 4.79 Å². The highest BCUT2D eigenvalue weighted by atomic mass is 32.2. The minimum atomic E-state index is -3.63. The third-order valence-corrected chi connectivity index (χ3v) is 8.42. The van der Waals surface area contributed by atoms with Gasteiger partial charge < -0.3 is 10.2 Å². The van der Waals surface area contributed by atoms with Crippen LogP contribution in [0.2, 0.25) is 0 Å². The van der Waals surface area contributed by atoms with Gasteiger partial charge in [0, 0.05) is 43.9 Å². The highest BCUT2D eigenvalue weighted by Crippen LogP contribution is 2.25. The van der Waals surface area contributed by atoms with Gasteiger partial charge in [0.2, 0.25) is 15.9 Å². The number of amides is 1. The normalized spacial score (nSPS) is 14.6. The molecule has 1 amide bonds. The number of carbonyl (C=O) groups excluding carboxylic acids is 1. The van der Waals surface area contributed by atoms with Gasteiger partial charge in [-0.25, -0.2) is 8.42 Å². The van der Waals surface area contributed by atoms with E-state index in [0.29, 0.717) is 38.3 Å². The molecule has 190 valence electrons. The van der Waals surface area contributed by atoms with Crippen molar-refractivity contribution in [3.8, 4) is 11.3 Å². The number of anilines is 2. The van der Waals surface area contributed by atoms with Gasteiger partial charge in [0.25, 0.3) is 0 Å². The molecule has 0 radical (unpaired) electrons. The van der Waals surface area contributed by atoms with Gasteiger partial charge in [-0.2, -0.15) is 4.31 Å². The Morgan fingerprint density at radius 2 is 1.59 bits per heavy atom. The van der Waals surface area contributed by atoms with Crippen LogP contribution in [0.15, 0.2) is 83.8 Å². The second kappa shape index (κ2) is 10.7. The summed E-state index contributed by atoms with van der Waals surface area (Å²) < 4.78 is 27.8. The summed E-state index contributed by atoms with van der Waals surface area (Å²) >= 11 is 0. The quantitative estimate of drug-likeness (QED) is 0.388. The van der Waals surface area contributed by atoms with E-state index in [4.69, 9.17) is 0 Å². The average molecular weight is 516 g/mol. The van der Waals surface area contributed by atoms with Crippen LogP contribution in [0.4, 0.5) is 11.5 Å². The fourth-order valence-electron chi connectivity index (χ4n) is 4.46. The molecule has 3 aromatic carbocycles. The first-order chi connectivity index (χ1) is 17.9. The first-order valence-electron chi connectivity index (χ1n) is 12.4. The Bertz CT molecular complexity index is 1500. The van der Waals surface area contributed by atoms with E-state index in [0.717, 1.165) is 28.9 Å². The fraction of sp³-hybridized carbons (Fsp3) is 0.250. The number of aromatic nitrogens is 2. The van der Waals surface area contributed by atoms with Crippen molar-refractivity contribution in [1.82, 2.24) is 14.5 Å². The van der Waals surface area contributed by atoms with Crippen LogP contribution in [0, 0.1) is 0 Å². The number of hydrogen-bond donors (Lipinski definition) is 1. The van der Waals surface area contributed by atoms with E-state index < -0.39 is 10.0 Å². The number of benzene rings is 3. The third kappa shape index (κ3) is 5.47. The lowest BCUT2D eigenvalue weighted by atomic mass is 10.1. The topological polar surface area (TPSA) is 95.5 Å². The van der Waals surface area contributed by atoms with Crippen LogP contribution in [0.25, 0.3) is 22.0 Å². The lowest BCUT2D eigenvalue weighted by Gasteiger charge is -2.34. The van der Waals surface area contributed by atoms with Crippen molar-refractivity contribution in [2.24, 2.45) is 0 Å². The Labute approximate surface area is 217 Å². The Hall–Kier alpha value is -3.82. The van der Waals surface area contributed by atoms with Crippen molar-refractivity contribution in [1.29, 1.82) is 0 Å². The van der Waals surface area contributed by atoms with Gasteiger partial charge in [-0.1, -0.05) is 43.3 Å². The predicted molar refractivity (Wildman–Crippen MR) is 146 cm³/mol. The van der Waals surface area contributed by atoms with E-state index in [1.165, 1.54) is 9.69 Å². The minimum absolute atomic E-state index is 0.0809. The monoisotopic (exact) mass is 515 g/mol. The molecule has 1 aromatic heterocycles. The molecule has 0 atom stereocenters. The largest absolute Gasteiger partial charge is 0.352 e.